The van der Waals surface area contributed by atoms with E-state index in [1.807, 2.05) is 0 Å². The fourth-order valence-corrected chi connectivity index (χ4v) is 3.33. The molecule has 0 spiro atoms. The SMILES string of the molecule is CNC(CCC1CCC(C)C(C)C1)C(C)(C)C. The lowest BCUT2D eigenvalue weighted by Gasteiger charge is -2.35. The molecule has 17 heavy (non-hydrogen) atoms. The number of rotatable bonds is 4. The lowest BCUT2D eigenvalue weighted by atomic mass is 9.73. The van der Waals surface area contributed by atoms with Gasteiger partial charge in [0.05, 0.1) is 0 Å². The van der Waals surface area contributed by atoms with E-state index in [-0.39, 0.29) is 0 Å². The summed E-state index contributed by atoms with van der Waals surface area (Å²) in [6, 6.07) is 0.664. The lowest BCUT2D eigenvalue weighted by Crippen LogP contribution is -2.38. The van der Waals surface area contributed by atoms with E-state index >= 15 is 0 Å². The van der Waals surface area contributed by atoms with Gasteiger partial charge >= 0.3 is 0 Å². The van der Waals surface area contributed by atoms with Gasteiger partial charge in [-0.3, -0.25) is 0 Å². The van der Waals surface area contributed by atoms with E-state index in [0.29, 0.717) is 11.5 Å². The normalized spacial score (nSPS) is 32.5. The van der Waals surface area contributed by atoms with Crippen molar-refractivity contribution in [2.45, 2.75) is 72.8 Å². The van der Waals surface area contributed by atoms with Gasteiger partial charge < -0.3 is 5.32 Å². The maximum atomic E-state index is 3.50. The molecule has 102 valence electrons. The quantitative estimate of drug-likeness (QED) is 0.763. The Morgan fingerprint density at radius 2 is 1.76 bits per heavy atom. The predicted octanol–water partition coefficient (Wildman–Crippen LogP) is 4.47. The Morgan fingerprint density at radius 1 is 1.12 bits per heavy atom. The first-order valence-corrected chi connectivity index (χ1v) is 7.51. The van der Waals surface area contributed by atoms with Gasteiger partial charge in [-0.15, -0.1) is 0 Å². The molecule has 4 unspecified atom stereocenters. The second-order valence-corrected chi connectivity index (χ2v) is 7.42. The summed E-state index contributed by atoms with van der Waals surface area (Å²) in [5, 5.41) is 3.50. The third-order valence-corrected chi connectivity index (χ3v) is 4.96. The van der Waals surface area contributed by atoms with Gasteiger partial charge in [-0.1, -0.05) is 47.5 Å². The minimum Gasteiger partial charge on any atom is -0.316 e. The summed E-state index contributed by atoms with van der Waals surface area (Å²) in [6.45, 7) is 11.9. The average molecular weight is 239 g/mol. The van der Waals surface area contributed by atoms with E-state index in [1.165, 1.54) is 32.1 Å². The van der Waals surface area contributed by atoms with Crippen LogP contribution in [-0.2, 0) is 0 Å². The van der Waals surface area contributed by atoms with E-state index in [0.717, 1.165) is 17.8 Å². The van der Waals surface area contributed by atoms with E-state index in [1.54, 1.807) is 0 Å². The molecule has 0 aliphatic heterocycles. The Balaban J connectivity index is 2.35. The lowest BCUT2D eigenvalue weighted by molar-refractivity contribution is 0.180. The molecule has 4 atom stereocenters. The van der Waals surface area contributed by atoms with Crippen LogP contribution < -0.4 is 5.32 Å². The zero-order valence-electron chi connectivity index (χ0n) is 12.8. The van der Waals surface area contributed by atoms with Crippen LogP contribution in [0.15, 0.2) is 0 Å². The highest BCUT2D eigenvalue weighted by atomic mass is 14.9. The van der Waals surface area contributed by atoms with Gasteiger partial charge in [0.25, 0.3) is 0 Å². The summed E-state index contributed by atoms with van der Waals surface area (Å²) in [4.78, 5) is 0. The van der Waals surface area contributed by atoms with Gasteiger partial charge in [-0.2, -0.15) is 0 Å². The first kappa shape index (κ1) is 15.0. The standard InChI is InChI=1S/C16H33N/c1-12-7-8-14(11-13(12)2)9-10-15(17-6)16(3,4)5/h12-15,17H,7-11H2,1-6H3. The third kappa shape index (κ3) is 4.62. The van der Waals surface area contributed by atoms with Gasteiger partial charge in [0.15, 0.2) is 0 Å². The van der Waals surface area contributed by atoms with Crippen molar-refractivity contribution in [2.75, 3.05) is 7.05 Å². The van der Waals surface area contributed by atoms with Crippen molar-refractivity contribution in [3.8, 4) is 0 Å². The highest BCUT2D eigenvalue weighted by molar-refractivity contribution is 4.82. The Kier molecular flexibility index (Phi) is 5.50. The molecule has 1 N–H and O–H groups in total. The Morgan fingerprint density at radius 3 is 2.24 bits per heavy atom. The maximum absolute atomic E-state index is 3.50. The highest BCUT2D eigenvalue weighted by Gasteiger charge is 2.27. The summed E-state index contributed by atoms with van der Waals surface area (Å²) >= 11 is 0. The molecule has 0 saturated heterocycles. The molecule has 0 aromatic rings. The predicted molar refractivity (Wildman–Crippen MR) is 77.2 cm³/mol. The van der Waals surface area contributed by atoms with Gasteiger partial charge in [-0.05, 0) is 49.5 Å². The van der Waals surface area contributed by atoms with Crippen molar-refractivity contribution in [1.29, 1.82) is 0 Å². The number of hydrogen-bond acceptors (Lipinski definition) is 1. The molecule has 1 saturated carbocycles. The number of nitrogens with one attached hydrogen (secondary N) is 1. The summed E-state index contributed by atoms with van der Waals surface area (Å²) in [5.74, 6) is 2.88. The van der Waals surface area contributed by atoms with E-state index in [2.05, 4.69) is 47.0 Å². The Labute approximate surface area is 109 Å². The van der Waals surface area contributed by atoms with Gasteiger partial charge in [0, 0.05) is 6.04 Å². The van der Waals surface area contributed by atoms with Crippen LogP contribution in [0.3, 0.4) is 0 Å². The fourth-order valence-electron chi connectivity index (χ4n) is 3.33. The summed E-state index contributed by atoms with van der Waals surface area (Å²) < 4.78 is 0. The van der Waals surface area contributed by atoms with E-state index in [9.17, 15) is 0 Å². The zero-order valence-corrected chi connectivity index (χ0v) is 12.8. The zero-order chi connectivity index (χ0) is 13.1. The molecule has 1 nitrogen and oxygen atoms in total. The highest BCUT2D eigenvalue weighted by Crippen LogP contribution is 2.36. The smallest absolute Gasteiger partial charge is 0.0113 e. The molecule has 1 aliphatic rings. The van der Waals surface area contributed by atoms with Crippen LogP contribution in [0.25, 0.3) is 0 Å². The molecule has 0 aromatic carbocycles. The summed E-state index contributed by atoms with van der Waals surface area (Å²) in [7, 11) is 2.11. The molecule has 0 aromatic heterocycles. The summed E-state index contributed by atoms with van der Waals surface area (Å²) in [5.41, 5.74) is 0.391. The van der Waals surface area contributed by atoms with Crippen LogP contribution in [0.2, 0.25) is 0 Å². The summed E-state index contributed by atoms with van der Waals surface area (Å²) in [6.07, 6.45) is 7.13. The average Bonchev–Trinajstić information content (AvgIpc) is 2.22. The molecule has 0 radical (unpaired) electrons. The van der Waals surface area contributed by atoms with Crippen LogP contribution in [0.4, 0.5) is 0 Å². The van der Waals surface area contributed by atoms with Crippen molar-refractivity contribution >= 4 is 0 Å². The molecular weight excluding hydrogens is 206 g/mol. The Hall–Kier alpha value is -0.0400. The Bertz CT molecular complexity index is 216. The minimum absolute atomic E-state index is 0.391. The maximum Gasteiger partial charge on any atom is 0.0113 e. The largest absolute Gasteiger partial charge is 0.316 e. The molecular formula is C16H33N. The molecule has 0 amide bonds. The molecule has 1 heteroatoms. The fraction of sp³-hybridized carbons (Fsp3) is 1.00. The van der Waals surface area contributed by atoms with Gasteiger partial charge in [-0.25, -0.2) is 0 Å². The topological polar surface area (TPSA) is 12.0 Å². The van der Waals surface area contributed by atoms with E-state index in [4.69, 9.17) is 0 Å². The monoisotopic (exact) mass is 239 g/mol. The van der Waals surface area contributed by atoms with Crippen molar-refractivity contribution in [1.82, 2.24) is 5.32 Å². The van der Waals surface area contributed by atoms with Crippen molar-refractivity contribution in [2.24, 2.45) is 23.2 Å². The second kappa shape index (κ2) is 6.22. The minimum atomic E-state index is 0.391. The molecule has 0 bridgehead atoms. The van der Waals surface area contributed by atoms with Gasteiger partial charge in [0.2, 0.25) is 0 Å². The number of hydrogen-bond donors (Lipinski definition) is 1. The van der Waals surface area contributed by atoms with Crippen molar-refractivity contribution in [3.63, 3.8) is 0 Å². The van der Waals surface area contributed by atoms with E-state index < -0.39 is 0 Å². The molecule has 1 fully saturated rings. The van der Waals surface area contributed by atoms with Gasteiger partial charge in [0.1, 0.15) is 0 Å². The van der Waals surface area contributed by atoms with Crippen LogP contribution in [0, 0.1) is 23.2 Å². The van der Waals surface area contributed by atoms with Crippen molar-refractivity contribution < 1.29 is 0 Å². The van der Waals surface area contributed by atoms with Crippen LogP contribution in [0.5, 0.6) is 0 Å². The molecule has 0 heterocycles. The molecule has 1 rings (SSSR count). The van der Waals surface area contributed by atoms with Crippen molar-refractivity contribution in [3.05, 3.63) is 0 Å². The third-order valence-electron chi connectivity index (χ3n) is 4.96. The van der Waals surface area contributed by atoms with Crippen LogP contribution >= 0.6 is 0 Å². The first-order chi connectivity index (χ1) is 7.84. The van der Waals surface area contributed by atoms with Crippen LogP contribution in [0.1, 0.15) is 66.7 Å². The second-order valence-electron chi connectivity index (χ2n) is 7.42. The molecule has 1 aliphatic carbocycles. The van der Waals surface area contributed by atoms with Crippen LogP contribution in [-0.4, -0.2) is 13.1 Å². The first-order valence-electron chi connectivity index (χ1n) is 7.51.